The Bertz CT molecular complexity index is 606. The number of hydrogen-bond donors (Lipinski definition) is 2. The van der Waals surface area contributed by atoms with E-state index in [0.717, 1.165) is 5.56 Å². The fourth-order valence-corrected chi connectivity index (χ4v) is 1.82. The quantitative estimate of drug-likeness (QED) is 0.898. The second-order valence-electron chi connectivity index (χ2n) is 4.55. The van der Waals surface area contributed by atoms with Gasteiger partial charge in [-0.15, -0.1) is 0 Å². The molecule has 20 heavy (non-hydrogen) atoms. The van der Waals surface area contributed by atoms with Crippen LogP contribution in [0.4, 0.5) is 0 Å². The number of aryl methyl sites for hydroxylation is 1. The summed E-state index contributed by atoms with van der Waals surface area (Å²) >= 11 is 0. The number of methoxy groups -OCH3 is 1. The van der Waals surface area contributed by atoms with Crippen LogP contribution in [0.2, 0.25) is 0 Å². The van der Waals surface area contributed by atoms with E-state index in [1.807, 2.05) is 31.2 Å². The van der Waals surface area contributed by atoms with Gasteiger partial charge >= 0.3 is 0 Å². The first-order valence-electron chi connectivity index (χ1n) is 6.31. The van der Waals surface area contributed by atoms with Crippen LogP contribution >= 0.6 is 0 Å². The fourth-order valence-electron chi connectivity index (χ4n) is 1.82. The lowest BCUT2D eigenvalue weighted by Gasteiger charge is -2.08. The summed E-state index contributed by atoms with van der Waals surface area (Å²) in [6.45, 7) is 2.47. The highest BCUT2D eigenvalue weighted by atomic mass is 16.5. The molecule has 0 saturated carbocycles. The second-order valence-corrected chi connectivity index (χ2v) is 4.55. The average Bonchev–Trinajstić information content (AvgIpc) is 2.46. The predicted molar refractivity (Wildman–Crippen MR) is 77.0 cm³/mol. The van der Waals surface area contributed by atoms with E-state index >= 15 is 0 Å². The minimum atomic E-state index is -0.233. The molecule has 4 nitrogen and oxygen atoms in total. The topological polar surface area (TPSA) is 58.6 Å². The molecule has 4 heteroatoms. The maximum atomic E-state index is 12.0. The Balaban J connectivity index is 2.01. The van der Waals surface area contributed by atoms with Crippen LogP contribution in [0.25, 0.3) is 0 Å². The van der Waals surface area contributed by atoms with E-state index in [9.17, 15) is 9.90 Å². The third kappa shape index (κ3) is 3.29. The SMILES string of the molecule is COc1ccc(C(=O)NCc2ccc(C)cc2)cc1O. The normalized spacial score (nSPS) is 10.1. The molecule has 2 aromatic carbocycles. The first-order chi connectivity index (χ1) is 9.60. The van der Waals surface area contributed by atoms with E-state index in [-0.39, 0.29) is 11.7 Å². The van der Waals surface area contributed by atoms with Crippen molar-refractivity contribution in [2.75, 3.05) is 7.11 Å². The van der Waals surface area contributed by atoms with Gasteiger partial charge in [-0.3, -0.25) is 4.79 Å². The van der Waals surface area contributed by atoms with Crippen molar-refractivity contribution < 1.29 is 14.6 Å². The Morgan fingerprint density at radius 1 is 1.20 bits per heavy atom. The molecule has 2 rings (SSSR count). The van der Waals surface area contributed by atoms with Crippen molar-refractivity contribution in [1.82, 2.24) is 5.32 Å². The van der Waals surface area contributed by atoms with Gasteiger partial charge in [0.1, 0.15) is 0 Å². The second kappa shape index (κ2) is 6.10. The van der Waals surface area contributed by atoms with E-state index in [2.05, 4.69) is 5.32 Å². The first kappa shape index (κ1) is 13.9. The van der Waals surface area contributed by atoms with Crippen molar-refractivity contribution >= 4 is 5.91 Å². The predicted octanol–water partition coefficient (Wildman–Crippen LogP) is 2.64. The molecule has 0 aliphatic carbocycles. The molecule has 0 aliphatic heterocycles. The van der Waals surface area contributed by atoms with E-state index < -0.39 is 0 Å². The number of phenols is 1. The molecule has 0 atom stereocenters. The molecule has 0 heterocycles. The van der Waals surface area contributed by atoms with Gasteiger partial charge < -0.3 is 15.2 Å². The number of ether oxygens (including phenoxy) is 1. The maximum absolute atomic E-state index is 12.0. The molecule has 0 aliphatic rings. The van der Waals surface area contributed by atoms with Gasteiger partial charge in [-0.2, -0.15) is 0 Å². The number of nitrogens with one attached hydrogen (secondary N) is 1. The zero-order valence-electron chi connectivity index (χ0n) is 11.5. The van der Waals surface area contributed by atoms with Gasteiger partial charge in [-0.05, 0) is 30.7 Å². The summed E-state index contributed by atoms with van der Waals surface area (Å²) in [5, 5.41) is 12.5. The Hall–Kier alpha value is -2.49. The van der Waals surface area contributed by atoms with Crippen molar-refractivity contribution in [2.24, 2.45) is 0 Å². The molecular formula is C16H17NO3. The summed E-state index contributed by atoms with van der Waals surface area (Å²) < 4.78 is 4.94. The van der Waals surface area contributed by atoms with Gasteiger partial charge in [0, 0.05) is 12.1 Å². The van der Waals surface area contributed by atoms with Crippen molar-refractivity contribution in [3.63, 3.8) is 0 Å². The summed E-state index contributed by atoms with van der Waals surface area (Å²) in [5.74, 6) is 0.0686. The zero-order valence-corrected chi connectivity index (χ0v) is 11.5. The molecule has 0 spiro atoms. The average molecular weight is 271 g/mol. The Morgan fingerprint density at radius 2 is 1.90 bits per heavy atom. The highest BCUT2D eigenvalue weighted by Gasteiger charge is 2.09. The third-order valence-corrected chi connectivity index (χ3v) is 3.01. The Kier molecular flexibility index (Phi) is 4.25. The highest BCUT2D eigenvalue weighted by molar-refractivity contribution is 5.94. The summed E-state index contributed by atoms with van der Waals surface area (Å²) in [7, 11) is 1.46. The van der Waals surface area contributed by atoms with Gasteiger partial charge in [0.05, 0.1) is 7.11 Å². The van der Waals surface area contributed by atoms with Gasteiger partial charge in [-0.1, -0.05) is 29.8 Å². The number of phenolic OH excluding ortho intramolecular Hbond substituents is 1. The molecule has 0 saturated heterocycles. The number of carbonyl (C=O) groups excluding carboxylic acids is 1. The van der Waals surface area contributed by atoms with Gasteiger partial charge in [0.25, 0.3) is 5.91 Å². The Morgan fingerprint density at radius 3 is 2.50 bits per heavy atom. The minimum Gasteiger partial charge on any atom is -0.504 e. The molecule has 0 aromatic heterocycles. The van der Waals surface area contributed by atoms with Gasteiger partial charge in [0.15, 0.2) is 11.5 Å². The molecule has 2 N–H and O–H groups in total. The lowest BCUT2D eigenvalue weighted by Crippen LogP contribution is -2.22. The highest BCUT2D eigenvalue weighted by Crippen LogP contribution is 2.26. The summed E-state index contributed by atoms with van der Waals surface area (Å²) in [6, 6.07) is 12.5. The number of hydrogen-bond acceptors (Lipinski definition) is 3. The number of carbonyl (C=O) groups is 1. The number of aromatic hydroxyl groups is 1. The molecule has 0 bridgehead atoms. The van der Waals surface area contributed by atoms with Crippen molar-refractivity contribution in [3.05, 3.63) is 59.2 Å². The monoisotopic (exact) mass is 271 g/mol. The van der Waals surface area contributed by atoms with E-state index in [1.165, 1.54) is 18.7 Å². The van der Waals surface area contributed by atoms with Crippen molar-refractivity contribution in [1.29, 1.82) is 0 Å². The summed E-state index contributed by atoms with van der Waals surface area (Å²) in [5.41, 5.74) is 2.61. The summed E-state index contributed by atoms with van der Waals surface area (Å²) in [4.78, 5) is 12.0. The summed E-state index contributed by atoms with van der Waals surface area (Å²) in [6.07, 6.45) is 0. The molecular weight excluding hydrogens is 254 g/mol. The van der Waals surface area contributed by atoms with Crippen LogP contribution in [-0.2, 0) is 6.54 Å². The van der Waals surface area contributed by atoms with Crippen LogP contribution < -0.4 is 10.1 Å². The standard InChI is InChI=1S/C16H17NO3/c1-11-3-5-12(6-4-11)10-17-16(19)13-7-8-15(20-2)14(18)9-13/h3-9,18H,10H2,1-2H3,(H,17,19). The number of benzene rings is 2. The van der Waals surface area contributed by atoms with Crippen LogP contribution in [-0.4, -0.2) is 18.1 Å². The molecule has 0 unspecified atom stereocenters. The molecule has 104 valence electrons. The van der Waals surface area contributed by atoms with E-state index in [1.54, 1.807) is 12.1 Å². The largest absolute Gasteiger partial charge is 0.504 e. The van der Waals surface area contributed by atoms with Gasteiger partial charge in [0.2, 0.25) is 0 Å². The van der Waals surface area contributed by atoms with Gasteiger partial charge in [-0.25, -0.2) is 0 Å². The molecule has 0 radical (unpaired) electrons. The van der Waals surface area contributed by atoms with E-state index in [0.29, 0.717) is 17.9 Å². The fraction of sp³-hybridized carbons (Fsp3) is 0.188. The third-order valence-electron chi connectivity index (χ3n) is 3.01. The van der Waals surface area contributed by atoms with Crippen molar-refractivity contribution in [3.8, 4) is 11.5 Å². The van der Waals surface area contributed by atoms with Crippen LogP contribution in [0, 0.1) is 6.92 Å². The Labute approximate surface area is 118 Å². The van der Waals surface area contributed by atoms with Crippen LogP contribution in [0.15, 0.2) is 42.5 Å². The smallest absolute Gasteiger partial charge is 0.251 e. The number of rotatable bonds is 4. The van der Waals surface area contributed by atoms with Crippen LogP contribution in [0.1, 0.15) is 21.5 Å². The van der Waals surface area contributed by atoms with Crippen molar-refractivity contribution in [2.45, 2.75) is 13.5 Å². The zero-order chi connectivity index (χ0) is 14.5. The first-order valence-corrected chi connectivity index (χ1v) is 6.31. The molecule has 0 fully saturated rings. The minimum absolute atomic E-state index is 0.0458. The lowest BCUT2D eigenvalue weighted by atomic mass is 10.1. The maximum Gasteiger partial charge on any atom is 0.251 e. The van der Waals surface area contributed by atoms with Crippen LogP contribution in [0.5, 0.6) is 11.5 Å². The lowest BCUT2D eigenvalue weighted by molar-refractivity contribution is 0.0950. The number of amides is 1. The molecule has 1 amide bonds. The van der Waals surface area contributed by atoms with E-state index in [4.69, 9.17) is 4.74 Å². The van der Waals surface area contributed by atoms with Crippen LogP contribution in [0.3, 0.4) is 0 Å². The molecule has 2 aromatic rings.